The lowest BCUT2D eigenvalue weighted by atomic mass is 9.95. The third kappa shape index (κ3) is 3.62. The molecule has 0 amide bonds. The van der Waals surface area contributed by atoms with Crippen molar-refractivity contribution in [2.75, 3.05) is 18.5 Å². The number of nitrogens with one attached hydrogen (secondary N) is 1. The zero-order valence-electron chi connectivity index (χ0n) is 10.7. The molecule has 102 valence electrons. The number of hydrogen-bond donors (Lipinski definition) is 2. The summed E-state index contributed by atoms with van der Waals surface area (Å²) in [6.45, 7) is 4.43. The maximum absolute atomic E-state index is 9.20. The SMILES string of the molecule is CC(C)(CO)CNc1nc(Cl)nc(-n2cccn2)n1. The van der Waals surface area contributed by atoms with Crippen LogP contribution in [0.25, 0.3) is 5.95 Å². The molecule has 2 aromatic heterocycles. The lowest BCUT2D eigenvalue weighted by molar-refractivity contribution is 0.170. The molecule has 0 unspecified atom stereocenters. The van der Waals surface area contributed by atoms with Crippen LogP contribution in [-0.2, 0) is 0 Å². The minimum atomic E-state index is -0.273. The van der Waals surface area contributed by atoms with Gasteiger partial charge in [0.2, 0.25) is 11.2 Å². The molecule has 0 bridgehead atoms. The number of nitrogens with zero attached hydrogens (tertiary/aromatic N) is 5. The summed E-state index contributed by atoms with van der Waals surface area (Å²) in [5.41, 5.74) is -0.273. The lowest BCUT2D eigenvalue weighted by Gasteiger charge is -2.21. The minimum Gasteiger partial charge on any atom is -0.396 e. The molecule has 0 aliphatic carbocycles. The van der Waals surface area contributed by atoms with E-state index in [1.54, 1.807) is 18.5 Å². The van der Waals surface area contributed by atoms with E-state index in [4.69, 9.17) is 11.6 Å². The standard InChI is InChI=1S/C11H15ClN6O/c1-11(2,7-19)6-13-9-15-8(12)16-10(17-9)18-5-3-4-14-18/h3-5,19H,6-7H2,1-2H3,(H,13,15,16,17). The van der Waals surface area contributed by atoms with Gasteiger partial charge < -0.3 is 10.4 Å². The average molecular weight is 283 g/mol. The fourth-order valence-corrected chi connectivity index (χ4v) is 1.44. The molecule has 2 rings (SSSR count). The van der Waals surface area contributed by atoms with E-state index in [0.717, 1.165) is 0 Å². The number of aliphatic hydroxyl groups excluding tert-OH is 1. The normalized spacial score (nSPS) is 11.6. The Balaban J connectivity index is 2.18. The number of halogens is 1. The number of anilines is 1. The van der Waals surface area contributed by atoms with Crippen LogP contribution in [0.4, 0.5) is 5.95 Å². The number of aromatic nitrogens is 5. The van der Waals surface area contributed by atoms with Crippen molar-refractivity contribution >= 4 is 17.5 Å². The number of rotatable bonds is 5. The summed E-state index contributed by atoms with van der Waals surface area (Å²) in [4.78, 5) is 12.2. The van der Waals surface area contributed by atoms with Gasteiger partial charge in [0.1, 0.15) is 0 Å². The number of hydrogen-bond acceptors (Lipinski definition) is 6. The summed E-state index contributed by atoms with van der Waals surface area (Å²) in [5, 5.41) is 16.3. The van der Waals surface area contributed by atoms with Gasteiger partial charge in [0, 0.05) is 31.0 Å². The quantitative estimate of drug-likeness (QED) is 0.855. The smallest absolute Gasteiger partial charge is 0.256 e. The molecule has 8 heteroatoms. The number of aliphatic hydroxyl groups is 1. The lowest BCUT2D eigenvalue weighted by Crippen LogP contribution is -2.27. The fourth-order valence-electron chi connectivity index (χ4n) is 1.28. The van der Waals surface area contributed by atoms with E-state index in [0.29, 0.717) is 18.4 Å². The van der Waals surface area contributed by atoms with Crippen molar-refractivity contribution < 1.29 is 5.11 Å². The molecule has 19 heavy (non-hydrogen) atoms. The van der Waals surface area contributed by atoms with Gasteiger partial charge in [-0.25, -0.2) is 4.68 Å². The van der Waals surface area contributed by atoms with Gasteiger partial charge in [-0.05, 0) is 17.7 Å². The van der Waals surface area contributed by atoms with Gasteiger partial charge in [-0.1, -0.05) is 13.8 Å². The zero-order chi connectivity index (χ0) is 13.9. The van der Waals surface area contributed by atoms with Gasteiger partial charge in [0.15, 0.2) is 0 Å². The third-order valence-corrected chi connectivity index (χ3v) is 2.63. The van der Waals surface area contributed by atoms with E-state index >= 15 is 0 Å². The Morgan fingerprint density at radius 2 is 2.16 bits per heavy atom. The summed E-state index contributed by atoms with van der Waals surface area (Å²) in [5.74, 6) is 0.696. The maximum atomic E-state index is 9.20. The first-order chi connectivity index (χ1) is 9.00. The van der Waals surface area contributed by atoms with E-state index in [1.807, 2.05) is 13.8 Å². The molecule has 2 aromatic rings. The Labute approximate surface area is 115 Å². The van der Waals surface area contributed by atoms with Gasteiger partial charge in [-0.2, -0.15) is 20.1 Å². The highest BCUT2D eigenvalue weighted by Gasteiger charge is 2.17. The summed E-state index contributed by atoms with van der Waals surface area (Å²) in [6.07, 6.45) is 3.34. The molecule has 0 radical (unpaired) electrons. The van der Waals surface area contributed by atoms with Crippen LogP contribution >= 0.6 is 11.6 Å². The van der Waals surface area contributed by atoms with Crippen LogP contribution in [-0.4, -0.2) is 43.0 Å². The first kappa shape index (κ1) is 13.7. The largest absolute Gasteiger partial charge is 0.396 e. The van der Waals surface area contributed by atoms with Gasteiger partial charge >= 0.3 is 0 Å². The summed E-state index contributed by atoms with van der Waals surface area (Å²) in [6, 6.07) is 1.76. The molecule has 0 fully saturated rings. The first-order valence-corrected chi connectivity index (χ1v) is 6.14. The highest BCUT2D eigenvalue weighted by Crippen LogP contribution is 2.15. The molecule has 0 aliphatic rings. The van der Waals surface area contributed by atoms with Crippen molar-refractivity contribution in [3.05, 3.63) is 23.7 Å². The summed E-state index contributed by atoms with van der Waals surface area (Å²) in [7, 11) is 0. The van der Waals surface area contributed by atoms with E-state index in [9.17, 15) is 5.11 Å². The van der Waals surface area contributed by atoms with Crippen molar-refractivity contribution in [3.8, 4) is 5.95 Å². The molecular formula is C11H15ClN6O. The van der Waals surface area contributed by atoms with Crippen molar-refractivity contribution in [3.63, 3.8) is 0 Å². The molecule has 0 aromatic carbocycles. The summed E-state index contributed by atoms with van der Waals surface area (Å²) < 4.78 is 1.50. The van der Waals surface area contributed by atoms with Crippen molar-refractivity contribution in [1.29, 1.82) is 0 Å². The van der Waals surface area contributed by atoms with Gasteiger partial charge in [-0.3, -0.25) is 0 Å². The third-order valence-electron chi connectivity index (χ3n) is 2.46. The van der Waals surface area contributed by atoms with Crippen LogP contribution < -0.4 is 5.32 Å². The Morgan fingerprint density at radius 3 is 2.79 bits per heavy atom. The molecule has 2 N–H and O–H groups in total. The zero-order valence-corrected chi connectivity index (χ0v) is 11.5. The van der Waals surface area contributed by atoms with Crippen LogP contribution in [0.15, 0.2) is 18.5 Å². The van der Waals surface area contributed by atoms with E-state index in [1.165, 1.54) is 4.68 Å². The van der Waals surface area contributed by atoms with Crippen molar-refractivity contribution in [1.82, 2.24) is 24.7 Å². The van der Waals surface area contributed by atoms with Crippen molar-refractivity contribution in [2.45, 2.75) is 13.8 Å². The second-order valence-corrected chi connectivity index (χ2v) is 5.19. The highest BCUT2D eigenvalue weighted by atomic mass is 35.5. The predicted molar refractivity (Wildman–Crippen MR) is 71.3 cm³/mol. The Bertz CT molecular complexity index is 542. The summed E-state index contributed by atoms with van der Waals surface area (Å²) >= 11 is 5.86. The monoisotopic (exact) mass is 282 g/mol. The van der Waals surface area contributed by atoms with Crippen molar-refractivity contribution in [2.24, 2.45) is 5.41 Å². The van der Waals surface area contributed by atoms with Gasteiger partial charge in [-0.15, -0.1) is 0 Å². The first-order valence-electron chi connectivity index (χ1n) is 5.76. The second kappa shape index (κ2) is 5.50. The molecule has 0 spiro atoms. The molecule has 0 aliphatic heterocycles. The molecule has 0 saturated carbocycles. The maximum Gasteiger partial charge on any atom is 0.256 e. The Hall–Kier alpha value is -1.73. The van der Waals surface area contributed by atoms with E-state index < -0.39 is 0 Å². The Morgan fingerprint density at radius 1 is 1.37 bits per heavy atom. The molecule has 0 saturated heterocycles. The topological polar surface area (TPSA) is 88.8 Å². The van der Waals surface area contributed by atoms with Gasteiger partial charge in [0.05, 0.1) is 0 Å². The van der Waals surface area contributed by atoms with Crippen LogP contribution in [0.5, 0.6) is 0 Å². The van der Waals surface area contributed by atoms with Crippen LogP contribution in [0, 0.1) is 5.41 Å². The highest BCUT2D eigenvalue weighted by molar-refractivity contribution is 6.28. The molecule has 2 heterocycles. The second-order valence-electron chi connectivity index (χ2n) is 4.85. The molecular weight excluding hydrogens is 268 g/mol. The minimum absolute atomic E-state index is 0.0603. The van der Waals surface area contributed by atoms with E-state index in [-0.39, 0.29) is 17.3 Å². The fraction of sp³-hybridized carbons (Fsp3) is 0.455. The molecule has 7 nitrogen and oxygen atoms in total. The molecule has 0 atom stereocenters. The van der Waals surface area contributed by atoms with Gasteiger partial charge in [0.25, 0.3) is 5.95 Å². The van der Waals surface area contributed by atoms with Crippen LogP contribution in [0.2, 0.25) is 5.28 Å². The van der Waals surface area contributed by atoms with E-state index in [2.05, 4.69) is 25.4 Å². The average Bonchev–Trinajstić information content (AvgIpc) is 2.90. The Kier molecular flexibility index (Phi) is 3.96. The van der Waals surface area contributed by atoms with Crippen LogP contribution in [0.3, 0.4) is 0 Å². The predicted octanol–water partition coefficient (Wildman–Crippen LogP) is 1.14. The van der Waals surface area contributed by atoms with Crippen LogP contribution in [0.1, 0.15) is 13.8 Å².